The lowest BCUT2D eigenvalue weighted by molar-refractivity contribution is -0.114. The Morgan fingerprint density at radius 1 is 1.07 bits per heavy atom. The standard InChI is InChI=1S/C23H25N3O3/c1-14(2)26(4)21-13-18-12-17(23(28)29-5)8-11-20(18)25-22(21)16-6-9-19(10-7-16)24-15(3)27/h6-14H,1-5H3,(H,24,27). The highest BCUT2D eigenvalue weighted by Crippen LogP contribution is 2.33. The number of carbonyl (C=O) groups excluding carboxylic acids is 2. The molecule has 1 N–H and O–H groups in total. The van der Waals surface area contributed by atoms with Crippen molar-refractivity contribution in [1.82, 2.24) is 4.98 Å². The van der Waals surface area contributed by atoms with Crippen LogP contribution >= 0.6 is 0 Å². The molecule has 1 amide bonds. The highest BCUT2D eigenvalue weighted by atomic mass is 16.5. The predicted molar refractivity (Wildman–Crippen MR) is 116 cm³/mol. The minimum Gasteiger partial charge on any atom is -0.465 e. The molecule has 2 aromatic carbocycles. The van der Waals surface area contributed by atoms with Crippen LogP contribution in [-0.2, 0) is 9.53 Å². The third-order valence-corrected chi connectivity index (χ3v) is 4.85. The van der Waals surface area contributed by atoms with E-state index in [1.54, 1.807) is 12.1 Å². The zero-order valence-electron chi connectivity index (χ0n) is 17.3. The molecule has 1 heterocycles. The number of pyridine rings is 1. The van der Waals surface area contributed by atoms with Crippen molar-refractivity contribution in [1.29, 1.82) is 0 Å². The van der Waals surface area contributed by atoms with E-state index < -0.39 is 0 Å². The molecule has 3 rings (SSSR count). The van der Waals surface area contributed by atoms with Gasteiger partial charge in [-0.15, -0.1) is 0 Å². The number of carbonyl (C=O) groups is 2. The van der Waals surface area contributed by atoms with Gasteiger partial charge in [0.15, 0.2) is 0 Å². The zero-order valence-corrected chi connectivity index (χ0v) is 17.3. The molecular formula is C23H25N3O3. The van der Waals surface area contributed by atoms with Crippen LogP contribution in [-0.4, -0.2) is 37.1 Å². The Bertz CT molecular complexity index is 1060. The molecule has 6 heteroatoms. The van der Waals surface area contributed by atoms with Crippen molar-refractivity contribution in [3.8, 4) is 11.3 Å². The Morgan fingerprint density at radius 3 is 2.34 bits per heavy atom. The van der Waals surface area contributed by atoms with Gasteiger partial charge in [-0.25, -0.2) is 9.78 Å². The molecular weight excluding hydrogens is 366 g/mol. The number of anilines is 2. The summed E-state index contributed by atoms with van der Waals surface area (Å²) in [6, 6.07) is 15.3. The molecule has 0 fully saturated rings. The van der Waals surface area contributed by atoms with Crippen LogP contribution in [0.2, 0.25) is 0 Å². The fourth-order valence-electron chi connectivity index (χ4n) is 3.08. The van der Waals surface area contributed by atoms with E-state index in [0.29, 0.717) is 5.56 Å². The number of methoxy groups -OCH3 is 1. The molecule has 3 aromatic rings. The van der Waals surface area contributed by atoms with Gasteiger partial charge in [0.2, 0.25) is 5.91 Å². The van der Waals surface area contributed by atoms with Crippen molar-refractivity contribution in [2.45, 2.75) is 26.8 Å². The Hall–Kier alpha value is -3.41. The van der Waals surface area contributed by atoms with Crippen LogP contribution in [0.15, 0.2) is 48.5 Å². The molecule has 6 nitrogen and oxygen atoms in total. The molecule has 0 aliphatic rings. The van der Waals surface area contributed by atoms with E-state index >= 15 is 0 Å². The number of fused-ring (bicyclic) bond motifs is 1. The van der Waals surface area contributed by atoms with Crippen molar-refractivity contribution in [3.05, 3.63) is 54.1 Å². The van der Waals surface area contributed by atoms with E-state index in [2.05, 4.69) is 24.1 Å². The van der Waals surface area contributed by atoms with Crippen molar-refractivity contribution < 1.29 is 14.3 Å². The second kappa shape index (κ2) is 8.31. The van der Waals surface area contributed by atoms with Crippen molar-refractivity contribution in [2.75, 3.05) is 24.4 Å². The first-order chi connectivity index (χ1) is 13.8. The zero-order chi connectivity index (χ0) is 21.1. The lowest BCUT2D eigenvalue weighted by Gasteiger charge is -2.26. The summed E-state index contributed by atoms with van der Waals surface area (Å²) in [6.07, 6.45) is 0. The molecule has 150 valence electrons. The summed E-state index contributed by atoms with van der Waals surface area (Å²) in [5.74, 6) is -0.480. The third kappa shape index (κ3) is 4.37. The first kappa shape index (κ1) is 20.3. The van der Waals surface area contributed by atoms with Gasteiger partial charge in [0, 0.05) is 36.7 Å². The van der Waals surface area contributed by atoms with E-state index in [9.17, 15) is 9.59 Å². The summed E-state index contributed by atoms with van der Waals surface area (Å²) in [6.45, 7) is 5.70. The van der Waals surface area contributed by atoms with Gasteiger partial charge in [0.25, 0.3) is 0 Å². The molecule has 0 saturated carbocycles. The van der Waals surface area contributed by atoms with Crippen LogP contribution in [0.1, 0.15) is 31.1 Å². The molecule has 0 atom stereocenters. The second-order valence-corrected chi connectivity index (χ2v) is 7.22. The van der Waals surface area contributed by atoms with Gasteiger partial charge >= 0.3 is 5.97 Å². The predicted octanol–water partition coefficient (Wildman–Crippen LogP) is 4.49. The fraction of sp³-hybridized carbons (Fsp3) is 0.261. The maximum Gasteiger partial charge on any atom is 0.337 e. The van der Waals surface area contributed by atoms with Crippen LogP contribution in [0, 0.1) is 0 Å². The molecule has 0 unspecified atom stereocenters. The van der Waals surface area contributed by atoms with Crippen molar-refractivity contribution >= 4 is 34.2 Å². The number of benzene rings is 2. The number of nitrogens with one attached hydrogen (secondary N) is 1. The second-order valence-electron chi connectivity index (χ2n) is 7.22. The molecule has 0 aliphatic heterocycles. The van der Waals surface area contributed by atoms with Gasteiger partial charge in [0.1, 0.15) is 0 Å². The topological polar surface area (TPSA) is 71.5 Å². The SMILES string of the molecule is COC(=O)c1ccc2nc(-c3ccc(NC(C)=O)cc3)c(N(C)C(C)C)cc2c1. The van der Waals surface area contributed by atoms with Gasteiger partial charge in [-0.1, -0.05) is 12.1 Å². The minimum atomic E-state index is -0.372. The molecule has 0 saturated heterocycles. The summed E-state index contributed by atoms with van der Waals surface area (Å²) >= 11 is 0. The van der Waals surface area contributed by atoms with Gasteiger partial charge in [0.05, 0.1) is 29.6 Å². The van der Waals surface area contributed by atoms with E-state index in [-0.39, 0.29) is 17.9 Å². The average molecular weight is 391 g/mol. The van der Waals surface area contributed by atoms with E-state index in [4.69, 9.17) is 9.72 Å². The number of hydrogen-bond donors (Lipinski definition) is 1. The molecule has 29 heavy (non-hydrogen) atoms. The van der Waals surface area contributed by atoms with Crippen LogP contribution in [0.4, 0.5) is 11.4 Å². The molecule has 0 bridgehead atoms. The summed E-state index contributed by atoms with van der Waals surface area (Å²) in [5.41, 5.74) is 4.77. The van der Waals surface area contributed by atoms with E-state index in [1.807, 2.05) is 43.4 Å². The number of ether oxygens (including phenoxy) is 1. The normalized spacial score (nSPS) is 10.8. The first-order valence-electron chi connectivity index (χ1n) is 9.44. The number of rotatable bonds is 5. The lowest BCUT2D eigenvalue weighted by atomic mass is 10.0. The number of esters is 1. The summed E-state index contributed by atoms with van der Waals surface area (Å²) in [5, 5.41) is 3.65. The lowest BCUT2D eigenvalue weighted by Crippen LogP contribution is -2.26. The molecule has 0 radical (unpaired) electrons. The molecule has 0 aliphatic carbocycles. The fourth-order valence-corrected chi connectivity index (χ4v) is 3.08. The largest absolute Gasteiger partial charge is 0.465 e. The van der Waals surface area contributed by atoms with Crippen LogP contribution in [0.3, 0.4) is 0 Å². The molecule has 0 spiro atoms. The maximum absolute atomic E-state index is 11.9. The number of nitrogens with zero attached hydrogens (tertiary/aromatic N) is 2. The highest BCUT2D eigenvalue weighted by Gasteiger charge is 2.16. The van der Waals surface area contributed by atoms with E-state index in [1.165, 1.54) is 14.0 Å². The van der Waals surface area contributed by atoms with Crippen molar-refractivity contribution in [3.63, 3.8) is 0 Å². The van der Waals surface area contributed by atoms with E-state index in [0.717, 1.165) is 33.5 Å². The smallest absolute Gasteiger partial charge is 0.337 e. The Labute approximate surface area is 170 Å². The van der Waals surface area contributed by atoms with Gasteiger partial charge in [-0.3, -0.25) is 4.79 Å². The van der Waals surface area contributed by atoms with Gasteiger partial charge < -0.3 is 15.0 Å². The van der Waals surface area contributed by atoms with Crippen LogP contribution < -0.4 is 10.2 Å². The quantitative estimate of drug-likeness (QED) is 0.649. The number of amides is 1. The number of aromatic nitrogens is 1. The number of hydrogen-bond acceptors (Lipinski definition) is 5. The van der Waals surface area contributed by atoms with Crippen LogP contribution in [0.5, 0.6) is 0 Å². The Kier molecular flexibility index (Phi) is 5.82. The highest BCUT2D eigenvalue weighted by molar-refractivity contribution is 5.97. The summed E-state index contributed by atoms with van der Waals surface area (Å²) in [7, 11) is 3.39. The Morgan fingerprint density at radius 2 is 1.76 bits per heavy atom. The van der Waals surface area contributed by atoms with Crippen LogP contribution in [0.25, 0.3) is 22.2 Å². The first-order valence-corrected chi connectivity index (χ1v) is 9.44. The maximum atomic E-state index is 11.9. The van der Waals surface area contributed by atoms with Gasteiger partial charge in [-0.05, 0) is 50.2 Å². The monoisotopic (exact) mass is 391 g/mol. The summed E-state index contributed by atoms with van der Waals surface area (Å²) < 4.78 is 4.83. The summed E-state index contributed by atoms with van der Waals surface area (Å²) in [4.78, 5) is 30.2. The third-order valence-electron chi connectivity index (χ3n) is 4.85. The average Bonchev–Trinajstić information content (AvgIpc) is 2.71. The minimum absolute atomic E-state index is 0.108. The van der Waals surface area contributed by atoms with Crippen molar-refractivity contribution in [2.24, 2.45) is 0 Å². The molecule has 1 aromatic heterocycles. The Balaban J connectivity index is 2.14. The van der Waals surface area contributed by atoms with Gasteiger partial charge in [-0.2, -0.15) is 0 Å².